The summed E-state index contributed by atoms with van der Waals surface area (Å²) in [5.41, 5.74) is 2.12. The summed E-state index contributed by atoms with van der Waals surface area (Å²) in [7, 11) is 0. The predicted octanol–water partition coefficient (Wildman–Crippen LogP) is 3.81. The lowest BCUT2D eigenvalue weighted by Gasteiger charge is -2.04. The highest BCUT2D eigenvalue weighted by molar-refractivity contribution is 5.51. The first kappa shape index (κ1) is 9.97. The van der Waals surface area contributed by atoms with E-state index in [0.717, 1.165) is 30.4 Å². The number of unbranched alkanes of at least 4 members (excludes halogenated alkanes) is 1. The van der Waals surface area contributed by atoms with Gasteiger partial charge in [-0.15, -0.1) is 0 Å². The van der Waals surface area contributed by atoms with Crippen LogP contribution in [0.4, 0.5) is 4.39 Å². The van der Waals surface area contributed by atoms with Gasteiger partial charge in [-0.1, -0.05) is 32.1 Å². The summed E-state index contributed by atoms with van der Waals surface area (Å²) in [5.74, 6) is -0.156. The lowest BCUT2D eigenvalue weighted by atomic mass is 10.0. The van der Waals surface area contributed by atoms with Crippen LogP contribution in [0.3, 0.4) is 0 Å². The van der Waals surface area contributed by atoms with E-state index in [-0.39, 0.29) is 5.82 Å². The molecule has 0 aliphatic heterocycles. The van der Waals surface area contributed by atoms with Crippen molar-refractivity contribution in [3.8, 4) is 0 Å². The maximum atomic E-state index is 12.9. The van der Waals surface area contributed by atoms with E-state index in [0.29, 0.717) is 0 Å². The molecule has 0 bridgehead atoms. The largest absolute Gasteiger partial charge is 0.207 e. The van der Waals surface area contributed by atoms with Crippen molar-refractivity contribution < 1.29 is 4.39 Å². The van der Waals surface area contributed by atoms with Crippen molar-refractivity contribution in [2.45, 2.75) is 26.2 Å². The Morgan fingerprint density at radius 3 is 2.85 bits per heavy atom. The minimum Gasteiger partial charge on any atom is -0.207 e. The molecule has 0 unspecified atom stereocenters. The lowest BCUT2D eigenvalue weighted by molar-refractivity contribution is 0.624. The van der Waals surface area contributed by atoms with E-state index in [1.54, 1.807) is 18.2 Å². The van der Waals surface area contributed by atoms with Gasteiger partial charge in [0.1, 0.15) is 5.82 Å². The number of hydrogen-bond donors (Lipinski definition) is 0. The molecule has 0 N–H and O–H groups in total. The van der Waals surface area contributed by atoms with Gasteiger partial charge in [-0.3, -0.25) is 0 Å². The number of hydrogen-bond acceptors (Lipinski definition) is 0. The van der Waals surface area contributed by atoms with Gasteiger partial charge in [-0.05, 0) is 36.1 Å². The molecule has 13 heavy (non-hydrogen) atoms. The third-order valence-corrected chi connectivity index (χ3v) is 2.12. The van der Waals surface area contributed by atoms with Crippen molar-refractivity contribution in [2.75, 3.05) is 0 Å². The second kappa shape index (κ2) is 4.80. The van der Waals surface area contributed by atoms with E-state index >= 15 is 0 Å². The van der Waals surface area contributed by atoms with Crippen LogP contribution in [0.15, 0.2) is 24.8 Å². The molecule has 0 aromatic heterocycles. The highest BCUT2D eigenvalue weighted by atomic mass is 19.1. The third-order valence-electron chi connectivity index (χ3n) is 2.12. The monoisotopic (exact) mass is 178 g/mol. The molecule has 1 aromatic carbocycles. The van der Waals surface area contributed by atoms with Crippen molar-refractivity contribution >= 4 is 6.08 Å². The standard InChI is InChI=1S/C12H15F/c1-3-5-6-11-9-12(13)8-7-10(11)4-2/h4,7-9H,2-3,5-6H2,1H3. The van der Waals surface area contributed by atoms with Gasteiger partial charge >= 0.3 is 0 Å². The molecule has 0 atom stereocenters. The van der Waals surface area contributed by atoms with Gasteiger partial charge < -0.3 is 0 Å². The van der Waals surface area contributed by atoms with Crippen LogP contribution in [0.1, 0.15) is 30.9 Å². The molecule has 0 fully saturated rings. The molecule has 0 saturated heterocycles. The SMILES string of the molecule is C=Cc1ccc(F)cc1CCCC. The van der Waals surface area contributed by atoms with Crippen LogP contribution in [0.5, 0.6) is 0 Å². The first-order chi connectivity index (χ1) is 6.27. The number of benzene rings is 1. The summed E-state index contributed by atoms with van der Waals surface area (Å²) in [6, 6.07) is 4.87. The van der Waals surface area contributed by atoms with Crippen LogP contribution in [-0.2, 0) is 6.42 Å². The normalized spacial score (nSPS) is 10.0. The van der Waals surface area contributed by atoms with Crippen molar-refractivity contribution in [1.29, 1.82) is 0 Å². The Bertz CT molecular complexity index is 289. The van der Waals surface area contributed by atoms with E-state index in [4.69, 9.17) is 0 Å². The fraction of sp³-hybridized carbons (Fsp3) is 0.333. The maximum absolute atomic E-state index is 12.9. The zero-order valence-corrected chi connectivity index (χ0v) is 8.02. The molecule has 1 heteroatoms. The quantitative estimate of drug-likeness (QED) is 0.657. The fourth-order valence-corrected chi connectivity index (χ4v) is 1.36. The third kappa shape index (κ3) is 2.69. The van der Waals surface area contributed by atoms with Gasteiger partial charge in [0.15, 0.2) is 0 Å². The average Bonchev–Trinajstić information content (AvgIpc) is 2.15. The van der Waals surface area contributed by atoms with Crippen molar-refractivity contribution in [3.05, 3.63) is 41.7 Å². The minimum absolute atomic E-state index is 0.156. The number of aryl methyl sites for hydroxylation is 1. The Morgan fingerprint density at radius 2 is 2.23 bits per heavy atom. The molecule has 70 valence electrons. The zero-order chi connectivity index (χ0) is 9.68. The summed E-state index contributed by atoms with van der Waals surface area (Å²) < 4.78 is 12.9. The van der Waals surface area contributed by atoms with E-state index < -0.39 is 0 Å². The molecule has 1 aromatic rings. The summed E-state index contributed by atoms with van der Waals surface area (Å²) in [4.78, 5) is 0. The summed E-state index contributed by atoms with van der Waals surface area (Å²) in [5, 5.41) is 0. The molecular formula is C12H15F. The molecule has 0 spiro atoms. The van der Waals surface area contributed by atoms with Crippen molar-refractivity contribution in [1.82, 2.24) is 0 Å². The summed E-state index contributed by atoms with van der Waals surface area (Å²) >= 11 is 0. The Kier molecular flexibility index (Phi) is 3.69. The molecule has 0 aliphatic rings. The second-order valence-corrected chi connectivity index (χ2v) is 3.15. The Hall–Kier alpha value is -1.11. The summed E-state index contributed by atoms with van der Waals surface area (Å²) in [6.45, 7) is 5.84. The first-order valence-corrected chi connectivity index (χ1v) is 4.68. The number of halogens is 1. The smallest absolute Gasteiger partial charge is 0.123 e. The molecule has 0 saturated carbocycles. The zero-order valence-electron chi connectivity index (χ0n) is 8.02. The highest BCUT2D eigenvalue weighted by Gasteiger charge is 2.00. The Labute approximate surface area is 79.1 Å². The molecule has 0 heterocycles. The van der Waals surface area contributed by atoms with E-state index in [9.17, 15) is 4.39 Å². The molecule has 0 nitrogen and oxygen atoms in total. The van der Waals surface area contributed by atoms with Gasteiger partial charge in [0, 0.05) is 0 Å². The van der Waals surface area contributed by atoms with Gasteiger partial charge in [0.2, 0.25) is 0 Å². The van der Waals surface area contributed by atoms with Gasteiger partial charge in [-0.25, -0.2) is 4.39 Å². The highest BCUT2D eigenvalue weighted by Crippen LogP contribution is 2.15. The van der Waals surface area contributed by atoms with Crippen LogP contribution in [-0.4, -0.2) is 0 Å². The van der Waals surface area contributed by atoms with Crippen molar-refractivity contribution in [3.63, 3.8) is 0 Å². The molecule has 1 rings (SSSR count). The van der Waals surface area contributed by atoms with Crippen molar-refractivity contribution in [2.24, 2.45) is 0 Å². The van der Waals surface area contributed by atoms with Gasteiger partial charge in [0.25, 0.3) is 0 Å². The second-order valence-electron chi connectivity index (χ2n) is 3.15. The lowest BCUT2D eigenvalue weighted by Crippen LogP contribution is -1.90. The average molecular weight is 178 g/mol. The van der Waals surface area contributed by atoms with Crippen LogP contribution in [0.2, 0.25) is 0 Å². The van der Waals surface area contributed by atoms with Gasteiger partial charge in [0.05, 0.1) is 0 Å². The molecule has 0 aliphatic carbocycles. The minimum atomic E-state index is -0.156. The van der Waals surface area contributed by atoms with Crippen LogP contribution in [0.25, 0.3) is 6.08 Å². The molecule has 0 amide bonds. The van der Waals surface area contributed by atoms with E-state index in [1.165, 1.54) is 6.07 Å². The molecule has 0 radical (unpaired) electrons. The fourth-order valence-electron chi connectivity index (χ4n) is 1.36. The topological polar surface area (TPSA) is 0 Å². The molecular weight excluding hydrogens is 163 g/mol. The van der Waals surface area contributed by atoms with Crippen LogP contribution in [0, 0.1) is 5.82 Å². The van der Waals surface area contributed by atoms with Crippen LogP contribution >= 0.6 is 0 Å². The summed E-state index contributed by atoms with van der Waals surface area (Å²) in [6.07, 6.45) is 4.96. The van der Waals surface area contributed by atoms with E-state index in [2.05, 4.69) is 13.5 Å². The van der Waals surface area contributed by atoms with E-state index in [1.807, 2.05) is 0 Å². The van der Waals surface area contributed by atoms with Crippen LogP contribution < -0.4 is 0 Å². The first-order valence-electron chi connectivity index (χ1n) is 4.68. The maximum Gasteiger partial charge on any atom is 0.123 e. The number of rotatable bonds is 4. The predicted molar refractivity (Wildman–Crippen MR) is 55.1 cm³/mol. The van der Waals surface area contributed by atoms with Gasteiger partial charge in [-0.2, -0.15) is 0 Å². The Morgan fingerprint density at radius 1 is 1.46 bits per heavy atom. The Balaban J connectivity index is 2.87.